The highest BCUT2D eigenvalue weighted by molar-refractivity contribution is 5.25. The van der Waals surface area contributed by atoms with Crippen LogP contribution >= 0.6 is 0 Å². The molecule has 0 unspecified atom stereocenters. The van der Waals surface area contributed by atoms with Gasteiger partial charge in [-0.3, -0.25) is 9.80 Å². The van der Waals surface area contributed by atoms with Gasteiger partial charge in [0.05, 0.1) is 6.61 Å². The number of β-amino-alcohol motifs (C(OH)–C–C–N with tert-alkyl or cyclic N) is 1. The zero-order valence-electron chi connectivity index (χ0n) is 10.8. The van der Waals surface area contributed by atoms with E-state index in [1.54, 1.807) is 12.1 Å². The summed E-state index contributed by atoms with van der Waals surface area (Å²) >= 11 is 0. The van der Waals surface area contributed by atoms with Gasteiger partial charge in [0.25, 0.3) is 0 Å². The summed E-state index contributed by atoms with van der Waals surface area (Å²) in [5.74, 6) is 0.323. The van der Waals surface area contributed by atoms with Gasteiger partial charge in [-0.25, -0.2) is 0 Å². The monoisotopic (exact) mass is 250 g/mol. The third-order valence-corrected chi connectivity index (χ3v) is 3.44. The molecule has 1 heterocycles. The highest BCUT2D eigenvalue weighted by Gasteiger charge is 2.14. The van der Waals surface area contributed by atoms with Gasteiger partial charge < -0.3 is 10.2 Å². The fourth-order valence-electron chi connectivity index (χ4n) is 2.41. The number of benzene rings is 1. The molecule has 0 radical (unpaired) electrons. The summed E-state index contributed by atoms with van der Waals surface area (Å²) in [6.45, 7) is 6.22. The van der Waals surface area contributed by atoms with E-state index in [1.165, 1.54) is 5.56 Å². The molecule has 0 spiro atoms. The van der Waals surface area contributed by atoms with Crippen LogP contribution in [-0.2, 0) is 6.54 Å². The molecule has 100 valence electrons. The molecule has 0 aromatic heterocycles. The summed E-state index contributed by atoms with van der Waals surface area (Å²) in [6, 6.07) is 7.44. The van der Waals surface area contributed by atoms with Crippen LogP contribution in [0.15, 0.2) is 24.3 Å². The molecule has 1 aliphatic heterocycles. The minimum atomic E-state index is 0.248. The van der Waals surface area contributed by atoms with Gasteiger partial charge in [0.15, 0.2) is 0 Å². The van der Waals surface area contributed by atoms with Crippen molar-refractivity contribution in [2.24, 2.45) is 0 Å². The number of aromatic hydroxyl groups is 1. The minimum Gasteiger partial charge on any atom is -0.508 e. The van der Waals surface area contributed by atoms with Crippen molar-refractivity contribution >= 4 is 0 Å². The van der Waals surface area contributed by atoms with Crippen LogP contribution in [0.1, 0.15) is 12.0 Å². The molecule has 2 rings (SSSR count). The molecule has 1 aromatic carbocycles. The number of aliphatic hydroxyl groups excluding tert-OH is 1. The number of rotatable bonds is 4. The third-order valence-electron chi connectivity index (χ3n) is 3.44. The average Bonchev–Trinajstić information content (AvgIpc) is 2.59. The Morgan fingerprint density at radius 2 is 1.61 bits per heavy atom. The van der Waals surface area contributed by atoms with Crippen molar-refractivity contribution in [3.05, 3.63) is 29.8 Å². The highest BCUT2D eigenvalue weighted by atomic mass is 16.3. The van der Waals surface area contributed by atoms with Crippen molar-refractivity contribution in [2.75, 3.05) is 39.3 Å². The molecule has 0 amide bonds. The van der Waals surface area contributed by atoms with E-state index in [2.05, 4.69) is 9.80 Å². The Labute approximate surface area is 108 Å². The second-order valence-corrected chi connectivity index (χ2v) is 4.86. The predicted molar refractivity (Wildman–Crippen MR) is 71.5 cm³/mol. The van der Waals surface area contributed by atoms with Crippen LogP contribution < -0.4 is 0 Å². The maximum atomic E-state index is 9.26. The Balaban J connectivity index is 1.84. The van der Waals surface area contributed by atoms with Gasteiger partial charge >= 0.3 is 0 Å². The van der Waals surface area contributed by atoms with Gasteiger partial charge in [0.2, 0.25) is 0 Å². The van der Waals surface area contributed by atoms with Crippen molar-refractivity contribution in [3.8, 4) is 5.75 Å². The van der Waals surface area contributed by atoms with Crippen LogP contribution in [0.3, 0.4) is 0 Å². The zero-order chi connectivity index (χ0) is 12.8. The Morgan fingerprint density at radius 1 is 0.944 bits per heavy atom. The van der Waals surface area contributed by atoms with Gasteiger partial charge in [0.1, 0.15) is 5.75 Å². The molecule has 1 aliphatic rings. The summed E-state index contributed by atoms with van der Waals surface area (Å²) < 4.78 is 0. The van der Waals surface area contributed by atoms with E-state index in [0.717, 1.165) is 45.7 Å². The molecular weight excluding hydrogens is 228 g/mol. The second kappa shape index (κ2) is 6.73. The molecule has 0 saturated carbocycles. The average molecular weight is 250 g/mol. The van der Waals surface area contributed by atoms with Crippen molar-refractivity contribution in [3.63, 3.8) is 0 Å². The van der Waals surface area contributed by atoms with Crippen LogP contribution in [0.2, 0.25) is 0 Å². The lowest BCUT2D eigenvalue weighted by atomic mass is 10.2. The predicted octanol–water partition coefficient (Wildman–Crippen LogP) is 0.892. The molecule has 18 heavy (non-hydrogen) atoms. The van der Waals surface area contributed by atoms with E-state index in [9.17, 15) is 5.11 Å². The summed E-state index contributed by atoms with van der Waals surface area (Å²) in [5.41, 5.74) is 1.24. The molecule has 0 aliphatic carbocycles. The molecule has 1 aromatic rings. The molecule has 1 fully saturated rings. The normalized spacial score (nSPS) is 18.7. The van der Waals surface area contributed by atoms with Crippen molar-refractivity contribution in [1.82, 2.24) is 9.80 Å². The number of phenols is 1. The van der Waals surface area contributed by atoms with E-state index < -0.39 is 0 Å². The van der Waals surface area contributed by atoms with Crippen LogP contribution in [0, 0.1) is 0 Å². The molecule has 4 heteroatoms. The lowest BCUT2D eigenvalue weighted by molar-refractivity contribution is 0.196. The fourth-order valence-corrected chi connectivity index (χ4v) is 2.41. The fraction of sp³-hybridized carbons (Fsp3) is 0.571. The van der Waals surface area contributed by atoms with Gasteiger partial charge in [0, 0.05) is 26.2 Å². The molecule has 0 atom stereocenters. The first kappa shape index (κ1) is 13.3. The Morgan fingerprint density at radius 3 is 2.33 bits per heavy atom. The quantitative estimate of drug-likeness (QED) is 0.833. The Hall–Kier alpha value is -1.10. The first-order valence-electron chi connectivity index (χ1n) is 6.61. The summed E-state index contributed by atoms with van der Waals surface area (Å²) in [5, 5.41) is 18.2. The molecular formula is C14H22N2O2. The molecule has 0 bridgehead atoms. The minimum absolute atomic E-state index is 0.248. The number of hydrogen-bond acceptors (Lipinski definition) is 4. The second-order valence-electron chi connectivity index (χ2n) is 4.86. The largest absolute Gasteiger partial charge is 0.508 e. The van der Waals surface area contributed by atoms with E-state index in [-0.39, 0.29) is 6.61 Å². The van der Waals surface area contributed by atoms with Gasteiger partial charge in [-0.05, 0) is 37.2 Å². The number of phenolic OH excluding ortho intramolecular Hbond substituents is 1. The Kier molecular flexibility index (Phi) is 4.99. The smallest absolute Gasteiger partial charge is 0.115 e. The van der Waals surface area contributed by atoms with E-state index in [4.69, 9.17) is 5.11 Å². The molecule has 1 saturated heterocycles. The van der Waals surface area contributed by atoms with E-state index >= 15 is 0 Å². The van der Waals surface area contributed by atoms with Crippen LogP contribution in [-0.4, -0.2) is 59.3 Å². The first-order valence-corrected chi connectivity index (χ1v) is 6.61. The highest BCUT2D eigenvalue weighted by Crippen LogP contribution is 2.13. The van der Waals surface area contributed by atoms with Crippen molar-refractivity contribution < 1.29 is 10.2 Å². The van der Waals surface area contributed by atoms with Crippen molar-refractivity contribution in [1.29, 1.82) is 0 Å². The zero-order valence-corrected chi connectivity index (χ0v) is 10.8. The summed E-state index contributed by atoms with van der Waals surface area (Å²) in [6.07, 6.45) is 1.15. The lowest BCUT2D eigenvalue weighted by Gasteiger charge is -2.21. The SMILES string of the molecule is OCCN1CCCN(Cc2ccc(O)cc2)CC1. The summed E-state index contributed by atoms with van der Waals surface area (Å²) in [7, 11) is 0. The maximum absolute atomic E-state index is 9.26. The van der Waals surface area contributed by atoms with Gasteiger partial charge in [-0.2, -0.15) is 0 Å². The number of nitrogens with zero attached hydrogens (tertiary/aromatic N) is 2. The standard InChI is InChI=1S/C14H22N2O2/c17-11-10-15-6-1-7-16(9-8-15)12-13-2-4-14(18)5-3-13/h2-5,17-18H,1,6-12H2. The van der Waals surface area contributed by atoms with Gasteiger partial charge in [-0.15, -0.1) is 0 Å². The number of aliphatic hydroxyl groups is 1. The molecule has 2 N–H and O–H groups in total. The van der Waals surface area contributed by atoms with Crippen molar-refractivity contribution in [2.45, 2.75) is 13.0 Å². The van der Waals surface area contributed by atoms with Crippen LogP contribution in [0.5, 0.6) is 5.75 Å². The first-order chi connectivity index (χ1) is 8.78. The Bertz CT molecular complexity index is 353. The summed E-state index contributed by atoms with van der Waals surface area (Å²) in [4.78, 5) is 4.75. The lowest BCUT2D eigenvalue weighted by Crippen LogP contribution is -2.32. The third kappa shape index (κ3) is 3.98. The van der Waals surface area contributed by atoms with Crippen LogP contribution in [0.4, 0.5) is 0 Å². The molecule has 4 nitrogen and oxygen atoms in total. The van der Waals surface area contributed by atoms with E-state index in [1.807, 2.05) is 12.1 Å². The van der Waals surface area contributed by atoms with E-state index in [0.29, 0.717) is 5.75 Å². The van der Waals surface area contributed by atoms with Gasteiger partial charge in [-0.1, -0.05) is 12.1 Å². The topological polar surface area (TPSA) is 46.9 Å². The number of hydrogen-bond donors (Lipinski definition) is 2. The maximum Gasteiger partial charge on any atom is 0.115 e. The van der Waals surface area contributed by atoms with Crippen LogP contribution in [0.25, 0.3) is 0 Å².